The Hall–Kier alpha value is -1.09. The van der Waals surface area contributed by atoms with Crippen LogP contribution in [-0.4, -0.2) is 23.1 Å². The van der Waals surface area contributed by atoms with Crippen LogP contribution in [-0.2, 0) is 11.2 Å². The van der Waals surface area contributed by atoms with Gasteiger partial charge in [0, 0.05) is 12.1 Å². The maximum absolute atomic E-state index is 10.9. The van der Waals surface area contributed by atoms with E-state index < -0.39 is 0 Å². The molecule has 1 aromatic rings. The topological polar surface area (TPSA) is 29.4 Å². The standard InChI is InChI=1S/C12H13NOS/c1-9(14)8-15-12-11-5-3-2-4-10(11)6-7-13-12/h2-5H,6-8H2,1H3. The summed E-state index contributed by atoms with van der Waals surface area (Å²) in [6.45, 7) is 2.46. The van der Waals surface area contributed by atoms with Crippen LogP contribution in [0.15, 0.2) is 29.3 Å². The number of aliphatic imine (C=N–C) groups is 1. The lowest BCUT2D eigenvalue weighted by Gasteiger charge is -2.15. The molecule has 0 saturated heterocycles. The summed E-state index contributed by atoms with van der Waals surface area (Å²) in [5.41, 5.74) is 2.55. The van der Waals surface area contributed by atoms with Gasteiger partial charge in [0.2, 0.25) is 0 Å². The molecule has 0 bridgehead atoms. The molecule has 0 fully saturated rings. The van der Waals surface area contributed by atoms with Gasteiger partial charge in [-0.2, -0.15) is 0 Å². The lowest BCUT2D eigenvalue weighted by atomic mass is 10.0. The minimum absolute atomic E-state index is 0.200. The fraction of sp³-hybridized carbons (Fsp3) is 0.333. The summed E-state index contributed by atoms with van der Waals surface area (Å²) in [6.07, 6.45) is 1.01. The number of hydrogen-bond donors (Lipinski definition) is 0. The van der Waals surface area contributed by atoms with Crippen LogP contribution < -0.4 is 0 Å². The monoisotopic (exact) mass is 219 g/mol. The molecule has 0 amide bonds. The summed E-state index contributed by atoms with van der Waals surface area (Å²) in [6, 6.07) is 8.30. The predicted molar refractivity (Wildman–Crippen MR) is 64.7 cm³/mol. The van der Waals surface area contributed by atoms with Crippen LogP contribution >= 0.6 is 11.8 Å². The summed E-state index contributed by atoms with van der Waals surface area (Å²) >= 11 is 1.55. The second kappa shape index (κ2) is 4.62. The highest BCUT2D eigenvalue weighted by molar-refractivity contribution is 8.15. The smallest absolute Gasteiger partial charge is 0.140 e. The highest BCUT2D eigenvalue weighted by atomic mass is 32.2. The zero-order valence-electron chi connectivity index (χ0n) is 8.69. The molecular weight excluding hydrogens is 206 g/mol. The van der Waals surface area contributed by atoms with Gasteiger partial charge in [-0.05, 0) is 18.9 Å². The van der Waals surface area contributed by atoms with E-state index in [0.717, 1.165) is 18.0 Å². The van der Waals surface area contributed by atoms with Gasteiger partial charge in [-0.15, -0.1) is 0 Å². The number of carbonyl (C=O) groups excluding carboxylic acids is 1. The number of rotatable bonds is 2. The molecule has 0 aromatic heterocycles. The van der Waals surface area contributed by atoms with Crippen molar-refractivity contribution < 1.29 is 4.79 Å². The lowest BCUT2D eigenvalue weighted by Crippen LogP contribution is -2.11. The third-order valence-electron chi connectivity index (χ3n) is 2.30. The lowest BCUT2D eigenvalue weighted by molar-refractivity contribution is -0.114. The number of thioether (sulfide) groups is 1. The van der Waals surface area contributed by atoms with Crippen LogP contribution in [0.2, 0.25) is 0 Å². The molecule has 0 aliphatic carbocycles. The summed E-state index contributed by atoms with van der Waals surface area (Å²) in [5.74, 6) is 0.721. The summed E-state index contributed by atoms with van der Waals surface area (Å²) < 4.78 is 0. The fourth-order valence-corrected chi connectivity index (χ4v) is 2.48. The van der Waals surface area contributed by atoms with Crippen LogP contribution in [0.25, 0.3) is 0 Å². The molecule has 1 aliphatic heterocycles. The molecule has 3 heteroatoms. The third-order valence-corrected chi connectivity index (χ3v) is 3.47. The van der Waals surface area contributed by atoms with Crippen LogP contribution in [0.1, 0.15) is 18.1 Å². The first-order chi connectivity index (χ1) is 7.27. The first kappa shape index (κ1) is 10.4. The molecule has 2 nitrogen and oxygen atoms in total. The Bertz CT molecular complexity index is 412. The normalized spacial score (nSPS) is 14.3. The van der Waals surface area contributed by atoms with Gasteiger partial charge in [0.25, 0.3) is 0 Å². The average Bonchev–Trinajstić information content (AvgIpc) is 2.26. The zero-order chi connectivity index (χ0) is 10.7. The maximum atomic E-state index is 10.9. The van der Waals surface area contributed by atoms with E-state index in [1.54, 1.807) is 18.7 Å². The van der Waals surface area contributed by atoms with Gasteiger partial charge < -0.3 is 0 Å². The largest absolute Gasteiger partial charge is 0.299 e. The highest BCUT2D eigenvalue weighted by Crippen LogP contribution is 2.22. The summed E-state index contributed by atoms with van der Waals surface area (Å²) in [7, 11) is 0. The van der Waals surface area contributed by atoms with E-state index in [1.807, 2.05) is 6.07 Å². The fourth-order valence-electron chi connectivity index (χ4n) is 1.60. The second-order valence-electron chi connectivity index (χ2n) is 3.58. The van der Waals surface area contributed by atoms with E-state index in [2.05, 4.69) is 23.2 Å². The molecule has 0 atom stereocenters. The Labute approximate surface area is 93.8 Å². The number of carbonyl (C=O) groups is 1. The predicted octanol–water partition coefficient (Wildman–Crippen LogP) is 2.31. The van der Waals surface area contributed by atoms with E-state index in [0.29, 0.717) is 5.75 Å². The Balaban J connectivity index is 2.19. The Morgan fingerprint density at radius 3 is 3.07 bits per heavy atom. The highest BCUT2D eigenvalue weighted by Gasteiger charge is 2.13. The minimum atomic E-state index is 0.200. The van der Waals surface area contributed by atoms with Gasteiger partial charge in [0.05, 0.1) is 10.8 Å². The van der Waals surface area contributed by atoms with Gasteiger partial charge in [0.15, 0.2) is 0 Å². The van der Waals surface area contributed by atoms with Gasteiger partial charge in [0.1, 0.15) is 5.78 Å². The summed E-state index contributed by atoms with van der Waals surface area (Å²) in [4.78, 5) is 15.4. The van der Waals surface area contributed by atoms with E-state index >= 15 is 0 Å². The number of hydrogen-bond acceptors (Lipinski definition) is 3. The molecule has 0 unspecified atom stereocenters. The molecule has 0 N–H and O–H groups in total. The van der Waals surface area contributed by atoms with Gasteiger partial charge in [-0.25, -0.2) is 0 Å². The van der Waals surface area contributed by atoms with E-state index in [4.69, 9.17) is 0 Å². The van der Waals surface area contributed by atoms with Crippen molar-refractivity contribution in [3.8, 4) is 0 Å². The van der Waals surface area contributed by atoms with Crippen LogP contribution in [0.5, 0.6) is 0 Å². The first-order valence-corrected chi connectivity index (χ1v) is 6.01. The third kappa shape index (κ3) is 2.48. The van der Waals surface area contributed by atoms with Crippen molar-refractivity contribution in [2.75, 3.05) is 12.3 Å². The number of benzene rings is 1. The first-order valence-electron chi connectivity index (χ1n) is 5.02. The zero-order valence-corrected chi connectivity index (χ0v) is 9.51. The molecule has 1 aromatic carbocycles. The van der Waals surface area contributed by atoms with E-state index in [9.17, 15) is 4.79 Å². The van der Waals surface area contributed by atoms with Crippen LogP contribution in [0.4, 0.5) is 0 Å². The average molecular weight is 219 g/mol. The van der Waals surface area contributed by atoms with E-state index in [1.165, 1.54) is 11.1 Å². The Morgan fingerprint density at radius 2 is 2.27 bits per heavy atom. The number of fused-ring (bicyclic) bond motifs is 1. The minimum Gasteiger partial charge on any atom is -0.299 e. The van der Waals surface area contributed by atoms with Gasteiger partial charge in [-0.3, -0.25) is 9.79 Å². The SMILES string of the molecule is CC(=O)CSC1=NCCc2ccccc21. The van der Waals surface area contributed by atoms with Gasteiger partial charge in [-0.1, -0.05) is 36.0 Å². The molecule has 15 heavy (non-hydrogen) atoms. The molecule has 0 spiro atoms. The maximum Gasteiger partial charge on any atom is 0.140 e. The van der Waals surface area contributed by atoms with Crippen molar-refractivity contribution in [2.45, 2.75) is 13.3 Å². The number of ketones is 1. The van der Waals surface area contributed by atoms with Crippen molar-refractivity contribution in [3.63, 3.8) is 0 Å². The number of nitrogens with zero attached hydrogens (tertiary/aromatic N) is 1. The molecule has 1 heterocycles. The second-order valence-corrected chi connectivity index (χ2v) is 4.55. The van der Waals surface area contributed by atoms with Crippen molar-refractivity contribution in [1.82, 2.24) is 0 Å². The summed E-state index contributed by atoms with van der Waals surface area (Å²) in [5, 5.41) is 1.02. The molecule has 78 valence electrons. The van der Waals surface area contributed by atoms with Gasteiger partial charge >= 0.3 is 0 Å². The number of Topliss-reactive ketones (excluding diaryl/α,β-unsaturated/α-hetero) is 1. The van der Waals surface area contributed by atoms with Crippen molar-refractivity contribution >= 4 is 22.6 Å². The van der Waals surface area contributed by atoms with Crippen molar-refractivity contribution in [1.29, 1.82) is 0 Å². The molecular formula is C12H13NOS. The van der Waals surface area contributed by atoms with E-state index in [-0.39, 0.29) is 5.78 Å². The Morgan fingerprint density at radius 1 is 1.47 bits per heavy atom. The molecule has 0 saturated carbocycles. The van der Waals surface area contributed by atoms with Crippen LogP contribution in [0, 0.1) is 0 Å². The van der Waals surface area contributed by atoms with Crippen LogP contribution in [0.3, 0.4) is 0 Å². The molecule has 1 aliphatic rings. The quantitative estimate of drug-likeness (QED) is 0.764. The van der Waals surface area contributed by atoms with Crippen molar-refractivity contribution in [2.24, 2.45) is 4.99 Å². The molecule has 0 radical (unpaired) electrons. The molecule has 2 rings (SSSR count). The van der Waals surface area contributed by atoms with Crippen molar-refractivity contribution in [3.05, 3.63) is 35.4 Å². The Kier molecular flexibility index (Phi) is 3.21.